The van der Waals surface area contributed by atoms with E-state index in [4.69, 9.17) is 19.4 Å². The first-order valence-electron chi connectivity index (χ1n) is 13.0. The number of rotatable bonds is 9. The van der Waals surface area contributed by atoms with Crippen molar-refractivity contribution < 1.29 is 22.6 Å². The Morgan fingerprint density at radius 2 is 1.85 bits per heavy atom. The zero-order valence-electron chi connectivity index (χ0n) is 22.6. The molecular weight excluding hydrogens is 537 g/mol. The Morgan fingerprint density at radius 1 is 1.07 bits per heavy atom. The van der Waals surface area contributed by atoms with Gasteiger partial charge < -0.3 is 24.3 Å². The van der Waals surface area contributed by atoms with Crippen molar-refractivity contribution >= 4 is 11.0 Å². The van der Waals surface area contributed by atoms with Crippen LogP contribution in [0.3, 0.4) is 0 Å². The molecule has 13 heteroatoms. The fraction of sp³-hybridized carbons (Fsp3) is 0.321. The molecule has 2 N–H and O–H groups in total. The van der Waals surface area contributed by atoms with Crippen LogP contribution < -0.4 is 14.8 Å². The molecule has 0 amide bonds. The Morgan fingerprint density at radius 3 is 2.51 bits per heavy atom. The SMILES string of the molecule is CNCc1c[nH]c2nc(-c3c(OC)ncnc3C3CC3)nc(OCc3ccc(-c4nc(C(F)(F)F)cn4C)cc3)c12. The second-order valence-corrected chi connectivity index (χ2v) is 9.88. The molecule has 0 unspecified atom stereocenters. The molecule has 1 aliphatic carbocycles. The maximum absolute atomic E-state index is 13.1. The number of aromatic amines is 1. The van der Waals surface area contributed by atoms with Gasteiger partial charge in [-0.05, 0) is 31.0 Å². The number of methoxy groups -OCH3 is 1. The molecule has 212 valence electrons. The van der Waals surface area contributed by atoms with Crippen molar-refractivity contribution in [1.29, 1.82) is 0 Å². The average molecular weight is 565 g/mol. The average Bonchev–Trinajstić information content (AvgIpc) is 3.62. The maximum Gasteiger partial charge on any atom is 0.434 e. The summed E-state index contributed by atoms with van der Waals surface area (Å²) in [6.07, 6.45) is 1.88. The number of ether oxygens (including phenoxy) is 2. The van der Waals surface area contributed by atoms with Crippen molar-refractivity contribution in [3.8, 4) is 34.5 Å². The fourth-order valence-corrected chi connectivity index (χ4v) is 4.79. The van der Waals surface area contributed by atoms with Gasteiger partial charge in [-0.3, -0.25) is 0 Å². The van der Waals surface area contributed by atoms with Gasteiger partial charge in [0.2, 0.25) is 11.8 Å². The Hall–Kier alpha value is -4.52. The lowest BCUT2D eigenvalue weighted by molar-refractivity contribution is -0.140. The molecule has 41 heavy (non-hydrogen) atoms. The lowest BCUT2D eigenvalue weighted by atomic mass is 10.1. The van der Waals surface area contributed by atoms with E-state index in [1.54, 1.807) is 31.4 Å². The molecule has 1 aliphatic rings. The van der Waals surface area contributed by atoms with Crippen molar-refractivity contribution in [2.24, 2.45) is 7.05 Å². The highest BCUT2D eigenvalue weighted by atomic mass is 19.4. The molecule has 0 bridgehead atoms. The molecule has 4 aromatic heterocycles. The van der Waals surface area contributed by atoms with E-state index in [2.05, 4.69) is 25.3 Å². The first kappa shape index (κ1) is 26.7. The number of hydrogen-bond acceptors (Lipinski definition) is 8. The largest absolute Gasteiger partial charge is 0.480 e. The number of aromatic nitrogens is 7. The summed E-state index contributed by atoms with van der Waals surface area (Å²) < 4.78 is 52.5. The third-order valence-electron chi connectivity index (χ3n) is 6.92. The van der Waals surface area contributed by atoms with Crippen molar-refractivity contribution in [3.63, 3.8) is 0 Å². The first-order valence-corrected chi connectivity index (χ1v) is 13.0. The molecule has 10 nitrogen and oxygen atoms in total. The van der Waals surface area contributed by atoms with Gasteiger partial charge in [-0.25, -0.2) is 19.9 Å². The lowest BCUT2D eigenvalue weighted by Crippen LogP contribution is -2.07. The number of fused-ring (bicyclic) bond motifs is 1. The number of H-pyrrole nitrogens is 1. The summed E-state index contributed by atoms with van der Waals surface area (Å²) in [6, 6.07) is 7.03. The molecule has 6 rings (SSSR count). The summed E-state index contributed by atoms with van der Waals surface area (Å²) in [5.74, 6) is 1.70. The Bertz CT molecular complexity index is 1710. The quantitative estimate of drug-likeness (QED) is 0.257. The third kappa shape index (κ3) is 5.20. The van der Waals surface area contributed by atoms with Gasteiger partial charge in [-0.2, -0.15) is 18.2 Å². The highest BCUT2D eigenvalue weighted by Crippen LogP contribution is 2.45. The van der Waals surface area contributed by atoms with Gasteiger partial charge in [0.25, 0.3) is 0 Å². The van der Waals surface area contributed by atoms with E-state index in [-0.39, 0.29) is 12.4 Å². The Kier molecular flexibility index (Phi) is 6.81. The molecule has 4 heterocycles. The van der Waals surface area contributed by atoms with Crippen LogP contribution >= 0.6 is 0 Å². The number of nitrogens with zero attached hydrogens (tertiary/aromatic N) is 6. The van der Waals surface area contributed by atoms with Crippen LogP contribution in [0.5, 0.6) is 11.8 Å². The predicted molar refractivity (Wildman–Crippen MR) is 144 cm³/mol. The van der Waals surface area contributed by atoms with Gasteiger partial charge >= 0.3 is 6.18 Å². The zero-order valence-corrected chi connectivity index (χ0v) is 22.6. The number of hydrogen-bond donors (Lipinski definition) is 2. The van der Waals surface area contributed by atoms with Crippen molar-refractivity contribution in [2.75, 3.05) is 14.2 Å². The number of aryl methyl sites for hydroxylation is 1. The number of nitrogens with one attached hydrogen (secondary N) is 2. The first-order chi connectivity index (χ1) is 19.8. The van der Waals surface area contributed by atoms with E-state index in [0.717, 1.165) is 41.2 Å². The second-order valence-electron chi connectivity index (χ2n) is 9.88. The van der Waals surface area contributed by atoms with E-state index in [1.807, 2.05) is 13.2 Å². The smallest absolute Gasteiger partial charge is 0.434 e. The normalized spacial score (nSPS) is 13.6. The summed E-state index contributed by atoms with van der Waals surface area (Å²) in [6.45, 7) is 0.741. The van der Waals surface area contributed by atoms with Crippen LogP contribution in [0.2, 0.25) is 0 Å². The van der Waals surface area contributed by atoms with Crippen LogP contribution in [0.1, 0.15) is 41.3 Å². The standard InChI is InChI=1S/C28H27F3N8O2/c1-32-10-18-11-33-23-20(18)27(38-24(37-23)21-22(16-8-9-16)34-14-35-26(21)40-3)41-13-15-4-6-17(7-5-15)25-36-19(12-39(25)2)28(29,30)31/h4-7,11-12,14,16,32H,8-10,13H2,1-3H3,(H,33,37,38). The summed E-state index contributed by atoms with van der Waals surface area (Å²) >= 11 is 0. The van der Waals surface area contributed by atoms with E-state index < -0.39 is 11.9 Å². The van der Waals surface area contributed by atoms with E-state index >= 15 is 0 Å². The fourth-order valence-electron chi connectivity index (χ4n) is 4.79. The summed E-state index contributed by atoms with van der Waals surface area (Å²) in [7, 11) is 4.94. The van der Waals surface area contributed by atoms with Crippen LogP contribution in [-0.4, -0.2) is 48.6 Å². The monoisotopic (exact) mass is 564 g/mol. The molecule has 5 aromatic rings. The van der Waals surface area contributed by atoms with Crippen molar-refractivity contribution in [1.82, 2.24) is 39.8 Å². The van der Waals surface area contributed by atoms with E-state index in [1.165, 1.54) is 17.9 Å². The van der Waals surface area contributed by atoms with Gasteiger partial charge in [-0.15, -0.1) is 0 Å². The van der Waals surface area contributed by atoms with Crippen LogP contribution in [-0.2, 0) is 26.4 Å². The molecule has 1 aromatic carbocycles. The summed E-state index contributed by atoms with van der Waals surface area (Å²) in [5.41, 5.74) is 3.47. The van der Waals surface area contributed by atoms with Gasteiger partial charge in [-0.1, -0.05) is 24.3 Å². The third-order valence-corrected chi connectivity index (χ3v) is 6.92. The van der Waals surface area contributed by atoms with Crippen LogP contribution in [0, 0.1) is 0 Å². The number of halogens is 3. The topological polar surface area (TPSA) is 116 Å². The predicted octanol–water partition coefficient (Wildman–Crippen LogP) is 5.02. The molecule has 0 aliphatic heterocycles. The molecule has 1 fully saturated rings. The minimum Gasteiger partial charge on any atom is -0.480 e. The number of benzene rings is 1. The number of alkyl halides is 3. The minimum absolute atomic E-state index is 0.169. The summed E-state index contributed by atoms with van der Waals surface area (Å²) in [4.78, 5) is 25.4. The zero-order chi connectivity index (χ0) is 28.7. The van der Waals surface area contributed by atoms with E-state index in [9.17, 15) is 13.2 Å². The highest BCUT2D eigenvalue weighted by Gasteiger charge is 2.35. The van der Waals surface area contributed by atoms with Gasteiger partial charge in [0.05, 0.1) is 18.2 Å². The Balaban J connectivity index is 1.33. The van der Waals surface area contributed by atoms with Crippen molar-refractivity contribution in [3.05, 3.63) is 65.5 Å². The van der Waals surface area contributed by atoms with Gasteiger partial charge in [0.1, 0.15) is 30.0 Å². The molecular formula is C28H27F3N8O2. The molecule has 0 saturated heterocycles. The molecule has 0 atom stereocenters. The minimum atomic E-state index is -4.51. The van der Waals surface area contributed by atoms with Crippen LogP contribution in [0.25, 0.3) is 33.8 Å². The van der Waals surface area contributed by atoms with Crippen molar-refractivity contribution in [2.45, 2.75) is 38.1 Å². The van der Waals surface area contributed by atoms with Crippen LogP contribution in [0.15, 0.2) is 43.0 Å². The lowest BCUT2D eigenvalue weighted by Gasteiger charge is -2.13. The Labute approximate surface area is 233 Å². The molecule has 1 saturated carbocycles. The van der Waals surface area contributed by atoms with Gasteiger partial charge in [0, 0.05) is 37.5 Å². The maximum atomic E-state index is 13.1. The van der Waals surface area contributed by atoms with Gasteiger partial charge in [0.15, 0.2) is 11.5 Å². The second kappa shape index (κ2) is 10.5. The molecule has 0 spiro atoms. The molecule has 0 radical (unpaired) electrons. The summed E-state index contributed by atoms with van der Waals surface area (Å²) in [5, 5.41) is 3.89. The number of imidazole rings is 1. The van der Waals surface area contributed by atoms with Crippen LogP contribution in [0.4, 0.5) is 13.2 Å². The van der Waals surface area contributed by atoms with E-state index in [0.29, 0.717) is 46.8 Å². The highest BCUT2D eigenvalue weighted by molar-refractivity contribution is 5.87.